The first-order chi connectivity index (χ1) is 19.4. The van der Waals surface area contributed by atoms with Crippen molar-refractivity contribution in [2.24, 2.45) is 0 Å². The van der Waals surface area contributed by atoms with E-state index in [1.54, 1.807) is 16.9 Å². The Kier molecular flexibility index (Phi) is 9.66. The second-order valence-corrected chi connectivity index (χ2v) is 9.78. The van der Waals surface area contributed by atoms with Gasteiger partial charge in [0, 0.05) is 30.6 Å². The van der Waals surface area contributed by atoms with Crippen LogP contribution in [0.1, 0.15) is 28.4 Å². The van der Waals surface area contributed by atoms with Gasteiger partial charge in [-0.05, 0) is 54.3 Å². The van der Waals surface area contributed by atoms with Crippen LogP contribution in [0.5, 0.6) is 0 Å². The number of anilines is 1. The molecule has 0 N–H and O–H groups in total. The minimum absolute atomic E-state index is 0.0606. The number of para-hydroxylation sites is 1. The topological polar surface area (TPSA) is 49.9 Å². The zero-order valence-electron chi connectivity index (χ0n) is 23.4. The lowest BCUT2D eigenvalue weighted by molar-refractivity contribution is -0.132. The first kappa shape index (κ1) is 28.5. The molecule has 0 saturated carbocycles. The molecule has 0 saturated heterocycles. The minimum Gasteiger partial charge on any atom is -0.383 e. The Balaban J connectivity index is 1.59. The molecule has 0 radical (unpaired) electrons. The lowest BCUT2D eigenvalue weighted by Crippen LogP contribution is -2.47. The number of ether oxygens (including phenoxy) is 1. The summed E-state index contributed by atoms with van der Waals surface area (Å²) in [7, 11) is 1.61. The van der Waals surface area contributed by atoms with Gasteiger partial charge in [0.25, 0.3) is 5.91 Å². The molecule has 0 fully saturated rings. The van der Waals surface area contributed by atoms with Gasteiger partial charge in [-0.3, -0.25) is 14.5 Å². The lowest BCUT2D eigenvalue weighted by Gasteiger charge is -2.36. The normalized spacial score (nSPS) is 11.5. The number of rotatable bonds is 11. The standard InChI is InChI=1S/C35H36N2O3/c1-26-13-11-12-18-33(26)35(39)37(32-16-9-6-10-17-32)28(3)27(2)36(23-24-40-4)34(38)25-29-19-21-31(22-20-29)30-14-7-5-8-15-30/h5-22,27H,3,23-25H2,1-2,4H3. The summed E-state index contributed by atoms with van der Waals surface area (Å²) in [6.45, 7) is 8.91. The van der Waals surface area contributed by atoms with E-state index in [0.717, 1.165) is 22.3 Å². The van der Waals surface area contributed by atoms with Crippen LogP contribution >= 0.6 is 0 Å². The molecular formula is C35H36N2O3. The number of carbonyl (C=O) groups excluding carboxylic acids is 2. The predicted molar refractivity (Wildman–Crippen MR) is 162 cm³/mol. The van der Waals surface area contributed by atoms with Crippen molar-refractivity contribution in [3.63, 3.8) is 0 Å². The van der Waals surface area contributed by atoms with E-state index in [4.69, 9.17) is 4.74 Å². The predicted octanol–water partition coefficient (Wildman–Crippen LogP) is 6.93. The van der Waals surface area contributed by atoms with E-state index in [1.807, 2.05) is 111 Å². The van der Waals surface area contributed by atoms with Gasteiger partial charge in [-0.1, -0.05) is 97.6 Å². The van der Waals surface area contributed by atoms with Crippen molar-refractivity contribution in [1.82, 2.24) is 4.90 Å². The van der Waals surface area contributed by atoms with Crippen molar-refractivity contribution in [3.05, 3.63) is 138 Å². The van der Waals surface area contributed by atoms with Crippen LogP contribution < -0.4 is 4.90 Å². The van der Waals surface area contributed by atoms with Crippen LogP contribution in [0.3, 0.4) is 0 Å². The maximum absolute atomic E-state index is 13.9. The Labute approximate surface area is 237 Å². The van der Waals surface area contributed by atoms with Crippen LogP contribution in [0.25, 0.3) is 11.1 Å². The monoisotopic (exact) mass is 532 g/mol. The molecule has 0 aliphatic carbocycles. The number of aryl methyl sites for hydroxylation is 1. The molecule has 0 aliphatic rings. The number of benzene rings is 4. The van der Waals surface area contributed by atoms with E-state index >= 15 is 0 Å². The van der Waals surface area contributed by atoms with Crippen LogP contribution in [-0.4, -0.2) is 43.0 Å². The highest BCUT2D eigenvalue weighted by Crippen LogP contribution is 2.27. The van der Waals surface area contributed by atoms with Crippen LogP contribution in [0.2, 0.25) is 0 Å². The molecule has 2 amide bonds. The summed E-state index contributed by atoms with van der Waals surface area (Å²) in [4.78, 5) is 31.0. The highest BCUT2D eigenvalue weighted by atomic mass is 16.5. The Bertz CT molecular complexity index is 1430. The largest absolute Gasteiger partial charge is 0.383 e. The van der Waals surface area contributed by atoms with Crippen molar-refractivity contribution >= 4 is 17.5 Å². The molecule has 5 nitrogen and oxygen atoms in total. The average molecular weight is 533 g/mol. The van der Waals surface area contributed by atoms with Gasteiger partial charge in [-0.2, -0.15) is 0 Å². The summed E-state index contributed by atoms with van der Waals surface area (Å²) in [6, 6.07) is 34.7. The van der Waals surface area contributed by atoms with Crippen LogP contribution in [0.4, 0.5) is 5.69 Å². The van der Waals surface area contributed by atoms with Crippen molar-refractivity contribution < 1.29 is 14.3 Å². The van der Waals surface area contributed by atoms with Crippen molar-refractivity contribution in [2.45, 2.75) is 26.3 Å². The molecule has 0 bridgehead atoms. The second-order valence-electron chi connectivity index (χ2n) is 9.78. The third-order valence-electron chi connectivity index (χ3n) is 7.10. The van der Waals surface area contributed by atoms with Crippen LogP contribution in [-0.2, 0) is 16.0 Å². The highest BCUT2D eigenvalue weighted by molar-refractivity contribution is 6.09. The molecular weight excluding hydrogens is 496 g/mol. The number of nitrogens with zero attached hydrogens (tertiary/aromatic N) is 2. The molecule has 4 rings (SSSR count). The van der Waals surface area contributed by atoms with Crippen LogP contribution in [0.15, 0.2) is 121 Å². The first-order valence-corrected chi connectivity index (χ1v) is 13.5. The molecule has 4 aromatic rings. The van der Waals surface area contributed by atoms with Gasteiger partial charge in [0.05, 0.1) is 19.1 Å². The quantitative estimate of drug-likeness (QED) is 0.210. The van der Waals surface area contributed by atoms with Gasteiger partial charge in [-0.25, -0.2) is 0 Å². The van der Waals surface area contributed by atoms with Gasteiger partial charge in [0.1, 0.15) is 0 Å². The number of hydrogen-bond donors (Lipinski definition) is 0. The van der Waals surface area contributed by atoms with Gasteiger partial charge in [-0.15, -0.1) is 0 Å². The summed E-state index contributed by atoms with van der Waals surface area (Å²) in [5, 5.41) is 0. The van der Waals surface area contributed by atoms with E-state index in [0.29, 0.717) is 30.1 Å². The second kappa shape index (κ2) is 13.5. The Hall–Kier alpha value is -4.48. The summed E-state index contributed by atoms with van der Waals surface area (Å²) in [5.41, 5.74) is 5.83. The number of hydrogen-bond acceptors (Lipinski definition) is 3. The first-order valence-electron chi connectivity index (χ1n) is 13.5. The fraction of sp³-hybridized carbons (Fsp3) is 0.200. The molecule has 0 aliphatic heterocycles. The molecule has 204 valence electrons. The molecule has 4 aromatic carbocycles. The minimum atomic E-state index is -0.459. The molecule has 0 heterocycles. The van der Waals surface area contributed by atoms with E-state index < -0.39 is 6.04 Å². The number of methoxy groups -OCH3 is 1. The molecule has 40 heavy (non-hydrogen) atoms. The van der Waals surface area contributed by atoms with Gasteiger partial charge < -0.3 is 9.64 Å². The van der Waals surface area contributed by atoms with Crippen molar-refractivity contribution in [3.8, 4) is 11.1 Å². The van der Waals surface area contributed by atoms with E-state index in [1.165, 1.54) is 0 Å². The van der Waals surface area contributed by atoms with E-state index in [-0.39, 0.29) is 18.2 Å². The SMILES string of the molecule is C=C(C(C)N(CCOC)C(=O)Cc1ccc(-c2ccccc2)cc1)N(C(=O)c1ccccc1C)c1ccccc1. The zero-order chi connectivity index (χ0) is 28.5. The number of amides is 2. The van der Waals surface area contributed by atoms with Gasteiger partial charge in [0.2, 0.25) is 5.91 Å². The summed E-state index contributed by atoms with van der Waals surface area (Å²) < 4.78 is 5.34. The summed E-state index contributed by atoms with van der Waals surface area (Å²) in [5.74, 6) is -0.244. The van der Waals surface area contributed by atoms with Crippen LogP contribution in [0, 0.1) is 6.92 Å². The lowest BCUT2D eigenvalue weighted by atomic mass is 10.0. The van der Waals surface area contributed by atoms with E-state index in [9.17, 15) is 9.59 Å². The maximum Gasteiger partial charge on any atom is 0.262 e. The molecule has 1 atom stereocenters. The molecule has 1 unspecified atom stereocenters. The van der Waals surface area contributed by atoms with E-state index in [2.05, 4.69) is 18.7 Å². The molecule has 5 heteroatoms. The fourth-order valence-electron chi connectivity index (χ4n) is 4.74. The Morgan fingerprint density at radius 1 is 0.800 bits per heavy atom. The third-order valence-corrected chi connectivity index (χ3v) is 7.10. The van der Waals surface area contributed by atoms with Crippen molar-refractivity contribution in [1.29, 1.82) is 0 Å². The van der Waals surface area contributed by atoms with Gasteiger partial charge in [0.15, 0.2) is 0 Å². The Morgan fingerprint density at radius 2 is 1.38 bits per heavy atom. The Morgan fingerprint density at radius 3 is 2.00 bits per heavy atom. The molecule has 0 spiro atoms. The number of carbonyl (C=O) groups is 2. The average Bonchev–Trinajstić information content (AvgIpc) is 2.99. The highest BCUT2D eigenvalue weighted by Gasteiger charge is 2.30. The third kappa shape index (κ3) is 6.74. The maximum atomic E-state index is 13.9. The zero-order valence-corrected chi connectivity index (χ0v) is 23.4. The summed E-state index contributed by atoms with van der Waals surface area (Å²) in [6.07, 6.45) is 0.230. The smallest absolute Gasteiger partial charge is 0.262 e. The van der Waals surface area contributed by atoms with Gasteiger partial charge >= 0.3 is 0 Å². The summed E-state index contributed by atoms with van der Waals surface area (Å²) >= 11 is 0. The molecule has 0 aromatic heterocycles. The van der Waals surface area contributed by atoms with Crippen molar-refractivity contribution in [2.75, 3.05) is 25.2 Å². The fourth-order valence-corrected chi connectivity index (χ4v) is 4.74.